The second-order valence-corrected chi connectivity index (χ2v) is 9.26. The molecule has 0 saturated carbocycles. The Morgan fingerprint density at radius 3 is 2.77 bits per heavy atom. The monoisotopic (exact) mass is 420 g/mol. The van der Waals surface area contributed by atoms with E-state index in [0.717, 1.165) is 48.2 Å². The number of carbonyl (C=O) groups excluding carboxylic acids is 1. The summed E-state index contributed by atoms with van der Waals surface area (Å²) in [5, 5.41) is 5.42. The number of para-hydroxylation sites is 2. The van der Waals surface area contributed by atoms with Gasteiger partial charge in [0.1, 0.15) is 11.3 Å². The van der Waals surface area contributed by atoms with Crippen LogP contribution in [0.5, 0.6) is 0 Å². The summed E-state index contributed by atoms with van der Waals surface area (Å²) in [4.78, 5) is 18.8. The topological polar surface area (TPSA) is 59.6 Å². The first kappa shape index (κ1) is 19.3. The number of hydrogen-bond acceptors (Lipinski definition) is 4. The highest BCUT2D eigenvalue weighted by atomic mass is 32.1. The summed E-state index contributed by atoms with van der Waals surface area (Å²) in [7, 11) is 0. The molecule has 5 nitrogen and oxygen atoms in total. The highest BCUT2D eigenvalue weighted by molar-refractivity contribution is 7.18. The molecule has 2 aromatic heterocycles. The van der Waals surface area contributed by atoms with Gasteiger partial charge >= 0.3 is 0 Å². The summed E-state index contributed by atoms with van der Waals surface area (Å²) in [6.45, 7) is 4.50. The van der Waals surface area contributed by atoms with E-state index in [2.05, 4.69) is 23.5 Å². The predicted molar refractivity (Wildman–Crippen MR) is 120 cm³/mol. The summed E-state index contributed by atoms with van der Waals surface area (Å²) in [5.74, 6) is 1.40. The van der Waals surface area contributed by atoms with Crippen LogP contribution in [0.15, 0.2) is 59.0 Å². The Labute approximate surface area is 179 Å². The second kappa shape index (κ2) is 8.20. The lowest BCUT2D eigenvalue weighted by molar-refractivity contribution is -0.897. The van der Waals surface area contributed by atoms with Crippen molar-refractivity contribution in [1.82, 2.24) is 10.3 Å². The first-order valence-electron chi connectivity index (χ1n) is 10.6. The fourth-order valence-electron chi connectivity index (χ4n) is 4.32. The molecule has 5 rings (SSSR count). The molecule has 4 aromatic rings. The zero-order chi connectivity index (χ0) is 20.5. The average Bonchev–Trinajstić information content (AvgIpc) is 3.38. The number of amides is 1. The van der Waals surface area contributed by atoms with Crippen LogP contribution in [0.4, 0.5) is 0 Å². The molecule has 30 heavy (non-hydrogen) atoms. The zero-order valence-electron chi connectivity index (χ0n) is 17.1. The van der Waals surface area contributed by atoms with Crippen molar-refractivity contribution in [3.8, 4) is 0 Å². The number of thiazole rings is 1. The molecule has 1 aliphatic rings. The molecule has 0 bridgehead atoms. The van der Waals surface area contributed by atoms with Crippen LogP contribution in [-0.4, -0.2) is 30.5 Å². The number of hydrogen-bond donors (Lipinski definition) is 2. The van der Waals surface area contributed by atoms with E-state index in [1.54, 1.807) is 0 Å². The highest BCUT2D eigenvalue weighted by Gasteiger charge is 2.27. The van der Waals surface area contributed by atoms with Crippen molar-refractivity contribution in [1.29, 1.82) is 0 Å². The number of nitrogens with zero attached hydrogens (tertiary/aromatic N) is 1. The van der Waals surface area contributed by atoms with Crippen LogP contribution in [-0.2, 0) is 4.79 Å². The lowest BCUT2D eigenvalue weighted by atomic mass is 9.97. The van der Waals surface area contributed by atoms with Gasteiger partial charge in [-0.3, -0.25) is 4.79 Å². The Bertz CT molecular complexity index is 1110. The van der Waals surface area contributed by atoms with E-state index in [9.17, 15) is 4.79 Å². The van der Waals surface area contributed by atoms with Gasteiger partial charge in [-0.1, -0.05) is 30.3 Å². The molecule has 1 aliphatic heterocycles. The standard InChI is InChI=1S/C24H25N3O2S/c1-16(21-14-18-6-2-4-8-20(18)29-21)25-23(28)15-27-12-10-17(11-13-27)24-26-19-7-3-5-9-22(19)30-24/h2-9,14,16-17H,10-13,15H2,1H3,(H,25,28)/p+1/t16-/m1/s1. The van der Waals surface area contributed by atoms with Crippen LogP contribution < -0.4 is 10.2 Å². The third-order valence-electron chi connectivity index (χ3n) is 6.01. The van der Waals surface area contributed by atoms with Crippen molar-refractivity contribution in [2.24, 2.45) is 0 Å². The molecular weight excluding hydrogens is 394 g/mol. The largest absolute Gasteiger partial charge is 0.459 e. The maximum Gasteiger partial charge on any atom is 0.275 e. The number of carbonyl (C=O) groups is 1. The molecule has 154 valence electrons. The van der Waals surface area contributed by atoms with Crippen LogP contribution in [0.25, 0.3) is 21.2 Å². The number of nitrogens with one attached hydrogen (secondary N) is 2. The molecule has 2 N–H and O–H groups in total. The molecule has 2 aromatic carbocycles. The average molecular weight is 421 g/mol. The number of aromatic nitrogens is 1. The molecule has 0 spiro atoms. The van der Waals surface area contributed by atoms with Crippen molar-refractivity contribution in [3.63, 3.8) is 0 Å². The quantitative estimate of drug-likeness (QED) is 0.518. The van der Waals surface area contributed by atoms with Crippen LogP contribution >= 0.6 is 11.3 Å². The fraction of sp³-hybridized carbons (Fsp3) is 0.333. The second-order valence-electron chi connectivity index (χ2n) is 8.20. The highest BCUT2D eigenvalue weighted by Crippen LogP contribution is 2.31. The Hall–Kier alpha value is -2.70. The van der Waals surface area contributed by atoms with Gasteiger partial charge in [0.15, 0.2) is 6.54 Å². The maximum atomic E-state index is 12.6. The number of piperidine rings is 1. The third-order valence-corrected chi connectivity index (χ3v) is 7.21. The molecule has 0 radical (unpaired) electrons. The lowest BCUT2D eigenvalue weighted by Crippen LogP contribution is -3.14. The van der Waals surface area contributed by atoms with Crippen molar-refractivity contribution in [3.05, 3.63) is 65.4 Å². The minimum Gasteiger partial charge on any atom is -0.459 e. The van der Waals surface area contributed by atoms with E-state index in [1.165, 1.54) is 14.6 Å². The van der Waals surface area contributed by atoms with E-state index in [0.29, 0.717) is 12.5 Å². The molecular formula is C24H26N3O2S+. The summed E-state index contributed by atoms with van der Waals surface area (Å²) in [5.41, 5.74) is 1.96. The minimum atomic E-state index is -0.135. The summed E-state index contributed by atoms with van der Waals surface area (Å²) in [6.07, 6.45) is 2.17. The Morgan fingerprint density at radius 2 is 1.97 bits per heavy atom. The molecule has 1 amide bonds. The molecule has 0 aliphatic carbocycles. The molecule has 3 heterocycles. The SMILES string of the molecule is C[C@@H](NC(=O)C[NH+]1CCC(c2nc3ccccc3s2)CC1)c1cc2ccccc2o1. The van der Waals surface area contributed by atoms with Gasteiger partial charge in [0.25, 0.3) is 5.91 Å². The maximum absolute atomic E-state index is 12.6. The van der Waals surface area contributed by atoms with Crippen molar-refractivity contribution in [2.75, 3.05) is 19.6 Å². The van der Waals surface area contributed by atoms with E-state index < -0.39 is 0 Å². The first-order chi connectivity index (χ1) is 14.7. The normalized spacial score (nSPS) is 20.4. The van der Waals surface area contributed by atoms with Crippen molar-refractivity contribution >= 4 is 38.4 Å². The van der Waals surface area contributed by atoms with Gasteiger partial charge < -0.3 is 14.6 Å². The first-order valence-corrected chi connectivity index (χ1v) is 11.4. The number of quaternary nitrogens is 1. The van der Waals surface area contributed by atoms with Crippen LogP contribution in [0.1, 0.15) is 42.5 Å². The Morgan fingerprint density at radius 1 is 1.20 bits per heavy atom. The number of furan rings is 1. The summed E-state index contributed by atoms with van der Waals surface area (Å²) < 4.78 is 7.15. The van der Waals surface area contributed by atoms with Gasteiger partial charge in [-0.15, -0.1) is 11.3 Å². The Kier molecular flexibility index (Phi) is 5.27. The van der Waals surface area contributed by atoms with Crippen molar-refractivity contribution < 1.29 is 14.1 Å². The van der Waals surface area contributed by atoms with E-state index in [1.807, 2.05) is 54.7 Å². The van der Waals surface area contributed by atoms with Crippen LogP contribution in [0.3, 0.4) is 0 Å². The number of benzene rings is 2. The van der Waals surface area contributed by atoms with Gasteiger partial charge in [0.2, 0.25) is 0 Å². The molecule has 1 atom stereocenters. The van der Waals surface area contributed by atoms with Gasteiger partial charge in [-0.25, -0.2) is 4.98 Å². The number of fused-ring (bicyclic) bond motifs is 2. The van der Waals surface area contributed by atoms with Crippen LogP contribution in [0.2, 0.25) is 0 Å². The third kappa shape index (κ3) is 3.98. The molecule has 6 heteroatoms. The van der Waals surface area contributed by atoms with Gasteiger partial charge in [-0.05, 0) is 31.2 Å². The number of rotatable bonds is 5. The summed E-state index contributed by atoms with van der Waals surface area (Å²) >= 11 is 1.82. The fourth-order valence-corrected chi connectivity index (χ4v) is 5.46. The number of likely N-dealkylation sites (tertiary alicyclic amines) is 1. The predicted octanol–water partition coefficient (Wildman–Crippen LogP) is 3.68. The van der Waals surface area contributed by atoms with Gasteiger partial charge in [0, 0.05) is 24.1 Å². The van der Waals surface area contributed by atoms with Gasteiger partial charge in [0.05, 0.1) is 34.4 Å². The Balaban J connectivity index is 1.14. The molecule has 1 fully saturated rings. The lowest BCUT2D eigenvalue weighted by Gasteiger charge is -2.28. The van der Waals surface area contributed by atoms with E-state index >= 15 is 0 Å². The van der Waals surface area contributed by atoms with Crippen molar-refractivity contribution in [2.45, 2.75) is 31.7 Å². The smallest absolute Gasteiger partial charge is 0.275 e. The van der Waals surface area contributed by atoms with E-state index in [-0.39, 0.29) is 11.9 Å². The van der Waals surface area contributed by atoms with Crippen LogP contribution in [0, 0.1) is 0 Å². The summed E-state index contributed by atoms with van der Waals surface area (Å²) in [6, 6.07) is 18.1. The molecule has 1 saturated heterocycles. The minimum absolute atomic E-state index is 0.0800. The van der Waals surface area contributed by atoms with Gasteiger partial charge in [-0.2, -0.15) is 0 Å². The molecule has 0 unspecified atom stereocenters. The zero-order valence-corrected chi connectivity index (χ0v) is 17.9. The van der Waals surface area contributed by atoms with E-state index in [4.69, 9.17) is 9.40 Å².